The van der Waals surface area contributed by atoms with E-state index in [1.165, 1.54) is 11.3 Å². The molecule has 130 valence electrons. The molecular formula is C17H18N4O3S. The molecule has 0 bridgehead atoms. The Morgan fingerprint density at radius 2 is 2.04 bits per heavy atom. The van der Waals surface area contributed by atoms with E-state index in [-0.39, 0.29) is 36.9 Å². The fraction of sp³-hybridized carbons (Fsp3) is 0.294. The molecule has 1 aromatic carbocycles. The minimum atomic E-state index is -0.382. The van der Waals surface area contributed by atoms with Crippen molar-refractivity contribution in [2.75, 3.05) is 11.9 Å². The maximum atomic E-state index is 12.4. The van der Waals surface area contributed by atoms with Crippen molar-refractivity contribution in [2.24, 2.45) is 0 Å². The number of hydrogen-bond acceptors (Lipinski definition) is 5. The molecule has 3 rings (SSSR count). The summed E-state index contributed by atoms with van der Waals surface area (Å²) in [7, 11) is 0. The first kappa shape index (κ1) is 17.1. The second kappa shape index (κ2) is 7.02. The van der Waals surface area contributed by atoms with Gasteiger partial charge in [-0.3, -0.25) is 14.5 Å². The molecule has 8 heteroatoms. The van der Waals surface area contributed by atoms with E-state index in [1.54, 1.807) is 29.8 Å². The van der Waals surface area contributed by atoms with E-state index in [0.29, 0.717) is 11.4 Å². The normalized spacial score (nSPS) is 14.1. The van der Waals surface area contributed by atoms with Gasteiger partial charge in [-0.05, 0) is 23.6 Å². The Morgan fingerprint density at radius 3 is 2.64 bits per heavy atom. The van der Waals surface area contributed by atoms with Crippen LogP contribution in [0.2, 0.25) is 0 Å². The smallest absolute Gasteiger partial charge is 0.324 e. The lowest BCUT2D eigenvalue weighted by atomic mass is 10.1. The number of nitrogens with zero attached hydrogens (tertiary/aromatic N) is 2. The first-order valence-electron chi connectivity index (χ1n) is 7.87. The van der Waals surface area contributed by atoms with Crippen LogP contribution in [0.3, 0.4) is 0 Å². The quantitative estimate of drug-likeness (QED) is 0.804. The molecule has 0 saturated carbocycles. The summed E-state index contributed by atoms with van der Waals surface area (Å²) in [5.41, 5.74) is 3.56. The summed E-state index contributed by atoms with van der Waals surface area (Å²) in [5.74, 6) is -0.251. The van der Waals surface area contributed by atoms with Crippen LogP contribution in [0.5, 0.6) is 0 Å². The maximum absolute atomic E-state index is 12.4. The number of carbonyl (C=O) groups excluding carboxylic acids is 3. The van der Waals surface area contributed by atoms with Crippen molar-refractivity contribution in [3.8, 4) is 0 Å². The molecule has 2 N–H and O–H groups in total. The van der Waals surface area contributed by atoms with E-state index in [0.717, 1.165) is 15.3 Å². The summed E-state index contributed by atoms with van der Waals surface area (Å²) in [6, 6.07) is 6.66. The van der Waals surface area contributed by atoms with E-state index < -0.39 is 0 Å². The fourth-order valence-electron chi connectivity index (χ4n) is 2.52. The fourth-order valence-corrected chi connectivity index (χ4v) is 3.32. The standard InChI is InChI=1S/C17H18N4O3S/c1-10(2)15-14(19-9-25-15)16(23)20-12-5-3-11(4-6-12)8-21-13(22)7-18-17(21)24/h3-6,9-10H,7-8H2,1-2H3,(H,18,24)(H,20,23). The number of nitrogens with one attached hydrogen (secondary N) is 2. The summed E-state index contributed by atoms with van der Waals surface area (Å²) >= 11 is 1.47. The number of urea groups is 1. The molecule has 1 fully saturated rings. The molecule has 0 unspecified atom stereocenters. The zero-order valence-electron chi connectivity index (χ0n) is 13.9. The number of hydrogen-bond donors (Lipinski definition) is 2. The molecule has 1 aliphatic heterocycles. The number of aromatic nitrogens is 1. The van der Waals surface area contributed by atoms with Crippen LogP contribution in [0, 0.1) is 0 Å². The molecule has 0 atom stereocenters. The van der Waals surface area contributed by atoms with Gasteiger partial charge in [0.25, 0.3) is 5.91 Å². The van der Waals surface area contributed by atoms with Crippen LogP contribution in [0.25, 0.3) is 0 Å². The van der Waals surface area contributed by atoms with Gasteiger partial charge in [-0.2, -0.15) is 0 Å². The molecule has 2 heterocycles. The van der Waals surface area contributed by atoms with Crippen LogP contribution in [-0.4, -0.2) is 34.3 Å². The number of carbonyl (C=O) groups is 3. The van der Waals surface area contributed by atoms with Gasteiger partial charge in [0.2, 0.25) is 5.91 Å². The van der Waals surface area contributed by atoms with Gasteiger partial charge in [0.05, 0.1) is 18.6 Å². The number of rotatable bonds is 5. The van der Waals surface area contributed by atoms with Crippen LogP contribution in [-0.2, 0) is 11.3 Å². The van der Waals surface area contributed by atoms with Crippen molar-refractivity contribution in [3.63, 3.8) is 0 Å². The lowest BCUT2D eigenvalue weighted by Crippen LogP contribution is -2.30. The summed E-state index contributed by atoms with van der Waals surface area (Å²) < 4.78 is 0. The predicted octanol–water partition coefficient (Wildman–Crippen LogP) is 2.57. The highest BCUT2D eigenvalue weighted by Crippen LogP contribution is 2.24. The number of amides is 4. The predicted molar refractivity (Wildman–Crippen MR) is 94.5 cm³/mol. The van der Waals surface area contributed by atoms with Crippen LogP contribution in [0.4, 0.5) is 10.5 Å². The van der Waals surface area contributed by atoms with Crippen LogP contribution >= 0.6 is 11.3 Å². The van der Waals surface area contributed by atoms with E-state index in [4.69, 9.17) is 0 Å². The zero-order valence-corrected chi connectivity index (χ0v) is 14.7. The van der Waals surface area contributed by atoms with Gasteiger partial charge < -0.3 is 10.6 Å². The van der Waals surface area contributed by atoms with E-state index >= 15 is 0 Å². The van der Waals surface area contributed by atoms with Crippen LogP contribution in [0.15, 0.2) is 29.8 Å². The van der Waals surface area contributed by atoms with E-state index in [2.05, 4.69) is 15.6 Å². The summed E-state index contributed by atoms with van der Waals surface area (Å²) in [5, 5.41) is 5.30. The Labute approximate surface area is 149 Å². The van der Waals surface area contributed by atoms with Crippen molar-refractivity contribution >= 4 is 34.9 Å². The minimum absolute atomic E-state index is 0.0405. The number of thiazole rings is 1. The van der Waals surface area contributed by atoms with Gasteiger partial charge in [0.1, 0.15) is 5.69 Å². The molecule has 0 spiro atoms. The molecular weight excluding hydrogens is 340 g/mol. The Bertz CT molecular complexity index is 798. The van der Waals surface area contributed by atoms with Gasteiger partial charge in [0.15, 0.2) is 0 Å². The molecule has 1 saturated heterocycles. The second-order valence-electron chi connectivity index (χ2n) is 6.01. The zero-order chi connectivity index (χ0) is 18.0. The molecule has 0 radical (unpaired) electrons. The second-order valence-corrected chi connectivity index (χ2v) is 6.90. The van der Waals surface area contributed by atoms with Crippen LogP contribution in [0.1, 0.15) is 40.7 Å². The topological polar surface area (TPSA) is 91.4 Å². The lowest BCUT2D eigenvalue weighted by molar-refractivity contribution is -0.125. The van der Waals surface area contributed by atoms with E-state index in [9.17, 15) is 14.4 Å². The van der Waals surface area contributed by atoms with Gasteiger partial charge in [-0.25, -0.2) is 9.78 Å². The number of imide groups is 1. The summed E-state index contributed by atoms with van der Waals surface area (Å²) in [4.78, 5) is 41.8. The first-order chi connectivity index (χ1) is 12.0. The maximum Gasteiger partial charge on any atom is 0.324 e. The monoisotopic (exact) mass is 358 g/mol. The third kappa shape index (κ3) is 3.69. The van der Waals surface area contributed by atoms with Gasteiger partial charge in [-0.15, -0.1) is 11.3 Å². The molecule has 1 aliphatic rings. The van der Waals surface area contributed by atoms with Crippen molar-refractivity contribution in [1.29, 1.82) is 0 Å². The lowest BCUT2D eigenvalue weighted by Gasteiger charge is -2.13. The summed E-state index contributed by atoms with van der Waals surface area (Å²) in [6.07, 6.45) is 0. The Morgan fingerprint density at radius 1 is 1.32 bits per heavy atom. The van der Waals surface area contributed by atoms with Gasteiger partial charge >= 0.3 is 6.03 Å². The highest BCUT2D eigenvalue weighted by Gasteiger charge is 2.28. The molecule has 2 aromatic rings. The highest BCUT2D eigenvalue weighted by atomic mass is 32.1. The average Bonchev–Trinajstić information content (AvgIpc) is 3.19. The highest BCUT2D eigenvalue weighted by molar-refractivity contribution is 7.10. The Hall–Kier alpha value is -2.74. The van der Waals surface area contributed by atoms with Crippen LogP contribution < -0.4 is 10.6 Å². The Kier molecular flexibility index (Phi) is 4.80. The molecule has 25 heavy (non-hydrogen) atoms. The van der Waals surface area contributed by atoms with Crippen molar-refractivity contribution in [3.05, 3.63) is 45.9 Å². The SMILES string of the molecule is CC(C)c1scnc1C(=O)Nc1ccc(CN2C(=O)CNC2=O)cc1. The summed E-state index contributed by atoms with van der Waals surface area (Å²) in [6.45, 7) is 4.30. The minimum Gasteiger partial charge on any atom is -0.329 e. The molecule has 4 amide bonds. The first-order valence-corrected chi connectivity index (χ1v) is 8.75. The van der Waals surface area contributed by atoms with Crippen molar-refractivity contribution < 1.29 is 14.4 Å². The van der Waals surface area contributed by atoms with Gasteiger partial charge in [0, 0.05) is 10.6 Å². The largest absolute Gasteiger partial charge is 0.329 e. The number of benzene rings is 1. The number of anilines is 1. The molecule has 0 aliphatic carbocycles. The third-order valence-electron chi connectivity index (χ3n) is 3.82. The van der Waals surface area contributed by atoms with Crippen molar-refractivity contribution in [1.82, 2.24) is 15.2 Å². The van der Waals surface area contributed by atoms with Crippen molar-refractivity contribution in [2.45, 2.75) is 26.3 Å². The molecule has 7 nitrogen and oxygen atoms in total. The average molecular weight is 358 g/mol. The Balaban J connectivity index is 1.66. The van der Waals surface area contributed by atoms with Gasteiger partial charge in [-0.1, -0.05) is 26.0 Å². The third-order valence-corrected chi connectivity index (χ3v) is 4.95. The molecule has 1 aromatic heterocycles. The van der Waals surface area contributed by atoms with E-state index in [1.807, 2.05) is 13.8 Å².